The smallest absolute Gasteiger partial charge is 0.144 e. The molecule has 2 aliphatic rings. The molecule has 2 rings (SSSR count). The van der Waals surface area contributed by atoms with Crippen LogP contribution in [0.5, 0.6) is 0 Å². The van der Waals surface area contributed by atoms with Gasteiger partial charge in [0.1, 0.15) is 12.8 Å². The molecule has 1 spiro atoms. The third-order valence-corrected chi connectivity index (χ3v) is 4.61. The zero-order chi connectivity index (χ0) is 9.36. The molecule has 2 heterocycles. The molecule has 13 heavy (non-hydrogen) atoms. The number of thioether (sulfide) groups is 1. The second kappa shape index (κ2) is 3.30. The maximum Gasteiger partial charge on any atom is 0.144 e. The first kappa shape index (κ1) is 9.57. The molecule has 0 aromatic heterocycles. The summed E-state index contributed by atoms with van der Waals surface area (Å²) < 4.78 is 0.494. The molecule has 0 aliphatic carbocycles. The van der Waals surface area contributed by atoms with Crippen molar-refractivity contribution in [1.29, 1.82) is 0 Å². The lowest BCUT2D eigenvalue weighted by Gasteiger charge is -2.41. The van der Waals surface area contributed by atoms with Gasteiger partial charge >= 0.3 is 0 Å². The molecule has 0 amide bonds. The Labute approximate surface area is 85.4 Å². The molecule has 2 aliphatic heterocycles. The van der Waals surface area contributed by atoms with E-state index in [1.165, 1.54) is 38.0 Å². The molecule has 0 bridgehead atoms. The van der Waals surface area contributed by atoms with Gasteiger partial charge in [-0.3, -0.25) is 4.99 Å². The largest absolute Gasteiger partial charge is 0.251 e. The third-order valence-electron chi connectivity index (χ3n) is 3.27. The van der Waals surface area contributed by atoms with E-state index in [1.54, 1.807) is 0 Å². The summed E-state index contributed by atoms with van der Waals surface area (Å²) in [5, 5.41) is 0. The van der Waals surface area contributed by atoms with E-state index < -0.39 is 0 Å². The fourth-order valence-corrected chi connectivity index (χ4v) is 4.21. The van der Waals surface area contributed by atoms with Crippen molar-refractivity contribution in [2.75, 3.05) is 12.3 Å². The Morgan fingerprint density at radius 3 is 2.77 bits per heavy atom. The summed E-state index contributed by atoms with van der Waals surface area (Å²) in [6.07, 6.45) is 7.91. The average Bonchev–Trinajstić information content (AvgIpc) is 2.03. The molecule has 0 unspecified atom stereocenters. The van der Waals surface area contributed by atoms with E-state index in [2.05, 4.69) is 36.8 Å². The van der Waals surface area contributed by atoms with E-state index in [-0.39, 0.29) is 0 Å². The Bertz CT molecular complexity index is 222. The first-order valence-corrected chi connectivity index (χ1v) is 6.32. The third kappa shape index (κ3) is 2.09. The van der Waals surface area contributed by atoms with Gasteiger partial charge in [-0.05, 0) is 25.0 Å². The van der Waals surface area contributed by atoms with Crippen LogP contribution in [-0.4, -0.2) is 23.3 Å². The van der Waals surface area contributed by atoms with Gasteiger partial charge in [0.05, 0.1) is 0 Å². The lowest BCUT2D eigenvalue weighted by molar-refractivity contribution is -0.463. The van der Waals surface area contributed by atoms with Crippen LogP contribution in [0.15, 0.2) is 0 Å². The van der Waals surface area contributed by atoms with Crippen LogP contribution >= 0.6 is 11.8 Å². The number of rotatable bonds is 0. The van der Waals surface area contributed by atoms with Gasteiger partial charge in [-0.25, -0.2) is 0 Å². The summed E-state index contributed by atoms with van der Waals surface area (Å²) in [6.45, 7) is 5.97. The quantitative estimate of drug-likeness (QED) is 0.618. The molecule has 0 aromatic rings. The van der Waals surface area contributed by atoms with Crippen LogP contribution in [0.1, 0.15) is 39.5 Å². The van der Waals surface area contributed by atoms with Crippen molar-refractivity contribution in [3.63, 3.8) is 0 Å². The Kier molecular flexibility index (Phi) is 2.43. The van der Waals surface area contributed by atoms with E-state index in [0.717, 1.165) is 0 Å². The highest BCUT2D eigenvalue weighted by Crippen LogP contribution is 2.46. The van der Waals surface area contributed by atoms with Crippen molar-refractivity contribution in [3.05, 3.63) is 0 Å². The first-order chi connectivity index (χ1) is 6.12. The second-order valence-corrected chi connectivity index (χ2v) is 6.90. The van der Waals surface area contributed by atoms with Crippen LogP contribution in [0.3, 0.4) is 0 Å². The molecular formula is C11H20NS+. The van der Waals surface area contributed by atoms with Crippen LogP contribution in [0.4, 0.5) is 0 Å². The van der Waals surface area contributed by atoms with Crippen molar-refractivity contribution in [1.82, 2.24) is 0 Å². The van der Waals surface area contributed by atoms with Gasteiger partial charge in [0.15, 0.2) is 0 Å². The standard InChI is InChI=1S/C11H19NS/c1-10(2)8-11(5-7-13-10)4-3-6-12-9-11/h9H,3-8H2,1-2H3/p+1/t11-/m1/s1. The van der Waals surface area contributed by atoms with E-state index in [9.17, 15) is 0 Å². The van der Waals surface area contributed by atoms with Crippen molar-refractivity contribution >= 4 is 18.0 Å². The van der Waals surface area contributed by atoms with Crippen LogP contribution < -0.4 is 4.99 Å². The van der Waals surface area contributed by atoms with Crippen molar-refractivity contribution in [3.8, 4) is 0 Å². The summed E-state index contributed by atoms with van der Waals surface area (Å²) in [5.41, 5.74) is 0.535. The molecule has 0 saturated carbocycles. The zero-order valence-electron chi connectivity index (χ0n) is 8.73. The molecule has 1 fully saturated rings. The Hall–Kier alpha value is 0.0200. The molecule has 1 atom stereocenters. The van der Waals surface area contributed by atoms with Crippen molar-refractivity contribution in [2.45, 2.75) is 44.3 Å². The Morgan fingerprint density at radius 2 is 2.15 bits per heavy atom. The fourth-order valence-electron chi connectivity index (χ4n) is 2.76. The molecule has 1 N–H and O–H groups in total. The summed E-state index contributed by atoms with van der Waals surface area (Å²) >= 11 is 2.14. The second-order valence-electron chi connectivity index (χ2n) is 5.10. The van der Waals surface area contributed by atoms with Gasteiger partial charge in [-0.15, -0.1) is 0 Å². The predicted octanol–water partition coefficient (Wildman–Crippen LogP) is 1.22. The summed E-state index contributed by atoms with van der Waals surface area (Å²) in [4.78, 5) is 3.45. The van der Waals surface area contributed by atoms with E-state index in [0.29, 0.717) is 10.2 Å². The average molecular weight is 198 g/mol. The van der Waals surface area contributed by atoms with Gasteiger partial charge in [0.2, 0.25) is 0 Å². The molecule has 2 heteroatoms. The molecule has 0 radical (unpaired) electrons. The molecular weight excluding hydrogens is 178 g/mol. The number of nitrogens with one attached hydrogen (secondary N) is 1. The monoisotopic (exact) mass is 198 g/mol. The highest BCUT2D eigenvalue weighted by Gasteiger charge is 2.42. The van der Waals surface area contributed by atoms with Crippen LogP contribution in [0.2, 0.25) is 0 Å². The lowest BCUT2D eigenvalue weighted by Crippen LogP contribution is -2.74. The molecule has 74 valence electrons. The minimum atomic E-state index is 0.494. The first-order valence-electron chi connectivity index (χ1n) is 5.34. The summed E-state index contributed by atoms with van der Waals surface area (Å²) in [5.74, 6) is 1.34. The summed E-state index contributed by atoms with van der Waals surface area (Å²) in [6, 6.07) is 0. The zero-order valence-corrected chi connectivity index (χ0v) is 9.54. The molecule has 1 saturated heterocycles. The van der Waals surface area contributed by atoms with Crippen molar-refractivity contribution < 1.29 is 4.99 Å². The Balaban J connectivity index is 2.13. The van der Waals surface area contributed by atoms with E-state index >= 15 is 0 Å². The van der Waals surface area contributed by atoms with Gasteiger partial charge < -0.3 is 0 Å². The number of hydrogen-bond donors (Lipinski definition) is 1. The number of hydrogen-bond acceptors (Lipinski definition) is 1. The van der Waals surface area contributed by atoms with Gasteiger partial charge in [-0.1, -0.05) is 13.8 Å². The van der Waals surface area contributed by atoms with E-state index in [1.807, 2.05) is 0 Å². The minimum Gasteiger partial charge on any atom is -0.251 e. The maximum atomic E-state index is 3.45. The van der Waals surface area contributed by atoms with E-state index in [4.69, 9.17) is 0 Å². The van der Waals surface area contributed by atoms with Crippen LogP contribution in [0, 0.1) is 5.41 Å². The normalized spacial score (nSPS) is 38.0. The highest BCUT2D eigenvalue weighted by molar-refractivity contribution is 8.00. The van der Waals surface area contributed by atoms with Crippen molar-refractivity contribution in [2.24, 2.45) is 5.41 Å². The lowest BCUT2D eigenvalue weighted by atomic mass is 9.73. The van der Waals surface area contributed by atoms with Crippen LogP contribution in [0.25, 0.3) is 0 Å². The SMILES string of the molecule is CC1(C)C[C@]2(C=[NH+]CCC2)CCS1. The highest BCUT2D eigenvalue weighted by atomic mass is 32.2. The molecule has 1 nitrogen and oxygen atoms in total. The summed E-state index contributed by atoms with van der Waals surface area (Å²) in [7, 11) is 0. The maximum absolute atomic E-state index is 3.45. The van der Waals surface area contributed by atoms with Gasteiger partial charge in [-0.2, -0.15) is 11.8 Å². The predicted molar refractivity (Wildman–Crippen MR) is 59.3 cm³/mol. The van der Waals surface area contributed by atoms with Gasteiger partial charge in [0, 0.05) is 16.6 Å². The Morgan fingerprint density at radius 1 is 1.31 bits per heavy atom. The minimum absolute atomic E-state index is 0.494. The van der Waals surface area contributed by atoms with Gasteiger partial charge in [0.25, 0.3) is 0 Å². The molecule has 0 aromatic carbocycles. The van der Waals surface area contributed by atoms with Crippen LogP contribution in [-0.2, 0) is 0 Å². The fraction of sp³-hybridized carbons (Fsp3) is 0.909. The topological polar surface area (TPSA) is 14.0 Å².